The first-order chi connectivity index (χ1) is 12.8. The normalized spacial score (nSPS) is 17.8. The van der Waals surface area contributed by atoms with Crippen molar-refractivity contribution in [2.75, 3.05) is 32.8 Å². The molecule has 1 aromatic rings. The van der Waals surface area contributed by atoms with Crippen LogP contribution in [0.2, 0.25) is 0 Å². The van der Waals surface area contributed by atoms with Crippen LogP contribution in [0.25, 0.3) is 0 Å². The molecule has 0 aliphatic carbocycles. The third-order valence-electron chi connectivity index (χ3n) is 4.28. The van der Waals surface area contributed by atoms with Crippen molar-refractivity contribution in [3.63, 3.8) is 0 Å². The van der Waals surface area contributed by atoms with Crippen LogP contribution < -0.4 is 25.1 Å². The highest BCUT2D eigenvalue weighted by Gasteiger charge is 2.29. The van der Waals surface area contributed by atoms with Gasteiger partial charge in [-0.2, -0.15) is 0 Å². The fraction of sp³-hybridized carbons (Fsp3) is 0.529. The SMILES string of the molecule is COc1ccc(CC(=O)NNC(=O)C[C@H]2CCS(=O)(=O)C2)c(OC)c1OC. The number of nitrogens with one attached hydrogen (secondary N) is 2. The Bertz CT molecular complexity index is 808. The first-order valence-electron chi connectivity index (χ1n) is 8.35. The molecule has 0 bridgehead atoms. The molecule has 0 spiro atoms. The first kappa shape index (κ1) is 20.8. The van der Waals surface area contributed by atoms with Gasteiger partial charge in [-0.05, 0) is 18.4 Å². The molecule has 2 rings (SSSR count). The molecule has 0 saturated carbocycles. The Balaban J connectivity index is 1.91. The largest absolute Gasteiger partial charge is 0.493 e. The molecule has 27 heavy (non-hydrogen) atoms. The lowest BCUT2D eigenvalue weighted by atomic mass is 10.1. The number of ether oxygens (including phenoxy) is 3. The van der Waals surface area contributed by atoms with E-state index in [1.165, 1.54) is 21.3 Å². The Morgan fingerprint density at radius 2 is 1.70 bits per heavy atom. The summed E-state index contributed by atoms with van der Waals surface area (Å²) in [7, 11) is 1.38. The molecule has 150 valence electrons. The second kappa shape index (κ2) is 8.94. The minimum absolute atomic E-state index is 0.0111. The number of hydrazine groups is 1. The Kier molecular flexibility index (Phi) is 6.89. The van der Waals surface area contributed by atoms with E-state index in [-0.39, 0.29) is 30.3 Å². The highest BCUT2D eigenvalue weighted by atomic mass is 32.2. The van der Waals surface area contributed by atoms with Gasteiger partial charge < -0.3 is 14.2 Å². The third kappa shape index (κ3) is 5.49. The predicted molar refractivity (Wildman–Crippen MR) is 97.5 cm³/mol. The van der Waals surface area contributed by atoms with Gasteiger partial charge in [-0.15, -0.1) is 0 Å². The number of carbonyl (C=O) groups excluding carboxylic acids is 2. The quantitative estimate of drug-likeness (QED) is 0.629. The predicted octanol–water partition coefficient (Wildman–Crippen LogP) is 0.227. The summed E-state index contributed by atoms with van der Waals surface area (Å²) in [6.07, 6.45) is 0.466. The van der Waals surface area contributed by atoms with Gasteiger partial charge in [0.1, 0.15) is 0 Å². The van der Waals surface area contributed by atoms with Crippen molar-refractivity contribution < 1.29 is 32.2 Å². The van der Waals surface area contributed by atoms with Gasteiger partial charge in [0.05, 0.1) is 39.3 Å². The number of rotatable bonds is 7. The molecule has 1 aliphatic heterocycles. The van der Waals surface area contributed by atoms with Crippen molar-refractivity contribution in [2.24, 2.45) is 5.92 Å². The molecular weight excluding hydrogens is 376 g/mol. The average molecular weight is 400 g/mol. The molecule has 1 atom stereocenters. The first-order valence-corrected chi connectivity index (χ1v) is 10.2. The number of benzene rings is 1. The minimum atomic E-state index is -3.04. The van der Waals surface area contributed by atoms with Crippen LogP contribution in [0.1, 0.15) is 18.4 Å². The number of sulfone groups is 1. The van der Waals surface area contributed by atoms with Crippen LogP contribution in [-0.4, -0.2) is 53.1 Å². The summed E-state index contributed by atoms with van der Waals surface area (Å²) in [5.41, 5.74) is 5.20. The fourth-order valence-corrected chi connectivity index (χ4v) is 4.87. The van der Waals surface area contributed by atoms with Gasteiger partial charge in [0.15, 0.2) is 21.3 Å². The summed E-state index contributed by atoms with van der Waals surface area (Å²) < 4.78 is 38.6. The smallest absolute Gasteiger partial charge is 0.242 e. The van der Waals surface area contributed by atoms with Crippen LogP contribution in [0.4, 0.5) is 0 Å². The molecule has 2 N–H and O–H groups in total. The van der Waals surface area contributed by atoms with Gasteiger partial charge in [-0.1, -0.05) is 6.07 Å². The monoisotopic (exact) mass is 400 g/mol. The van der Waals surface area contributed by atoms with Crippen molar-refractivity contribution in [1.82, 2.24) is 10.9 Å². The molecule has 0 aromatic heterocycles. The summed E-state index contributed by atoms with van der Waals surface area (Å²) >= 11 is 0. The summed E-state index contributed by atoms with van der Waals surface area (Å²) in [6.45, 7) is 0. The second-order valence-corrected chi connectivity index (χ2v) is 8.47. The van der Waals surface area contributed by atoms with Crippen LogP contribution in [-0.2, 0) is 25.8 Å². The lowest BCUT2D eigenvalue weighted by Gasteiger charge is -2.16. The highest BCUT2D eigenvalue weighted by Crippen LogP contribution is 2.39. The number of hydrogen-bond acceptors (Lipinski definition) is 7. The Morgan fingerprint density at radius 3 is 2.26 bits per heavy atom. The zero-order valence-corrected chi connectivity index (χ0v) is 16.4. The van der Waals surface area contributed by atoms with Crippen molar-refractivity contribution in [3.8, 4) is 17.2 Å². The molecule has 1 aliphatic rings. The summed E-state index contributed by atoms with van der Waals surface area (Å²) in [6, 6.07) is 3.33. The van der Waals surface area contributed by atoms with Gasteiger partial charge >= 0.3 is 0 Å². The van der Waals surface area contributed by atoms with E-state index in [1.807, 2.05) is 0 Å². The number of methoxy groups -OCH3 is 3. The Labute approximate surface area is 158 Å². The molecule has 1 heterocycles. The maximum absolute atomic E-state index is 12.1. The van der Waals surface area contributed by atoms with Gasteiger partial charge in [-0.25, -0.2) is 8.42 Å². The minimum Gasteiger partial charge on any atom is -0.493 e. The maximum atomic E-state index is 12.1. The van der Waals surface area contributed by atoms with Crippen LogP contribution in [0.5, 0.6) is 17.2 Å². The van der Waals surface area contributed by atoms with Gasteiger partial charge in [0.25, 0.3) is 0 Å². The van der Waals surface area contributed by atoms with Crippen molar-refractivity contribution in [2.45, 2.75) is 19.3 Å². The molecule has 1 saturated heterocycles. The third-order valence-corrected chi connectivity index (χ3v) is 6.12. The number of amides is 2. The van der Waals surface area contributed by atoms with Crippen LogP contribution in [0, 0.1) is 5.92 Å². The van der Waals surface area contributed by atoms with Crippen molar-refractivity contribution in [3.05, 3.63) is 17.7 Å². The van der Waals surface area contributed by atoms with E-state index in [4.69, 9.17) is 14.2 Å². The van der Waals surface area contributed by atoms with E-state index in [0.29, 0.717) is 29.2 Å². The molecule has 2 amide bonds. The molecule has 9 nitrogen and oxygen atoms in total. The molecule has 0 unspecified atom stereocenters. The summed E-state index contributed by atoms with van der Waals surface area (Å²) in [4.78, 5) is 24.0. The van der Waals surface area contributed by atoms with E-state index in [0.717, 1.165) is 0 Å². The summed E-state index contributed by atoms with van der Waals surface area (Å²) in [5.74, 6) is 0.244. The van der Waals surface area contributed by atoms with Crippen LogP contribution in [0.15, 0.2) is 12.1 Å². The molecule has 10 heteroatoms. The van der Waals surface area contributed by atoms with E-state index < -0.39 is 21.7 Å². The zero-order valence-electron chi connectivity index (χ0n) is 15.5. The average Bonchev–Trinajstić information content (AvgIpc) is 2.97. The molecule has 0 radical (unpaired) electrons. The van der Waals surface area contributed by atoms with E-state index in [2.05, 4.69) is 10.9 Å². The molecule has 1 aromatic carbocycles. The maximum Gasteiger partial charge on any atom is 0.242 e. The standard InChI is InChI=1S/C17H24N2O7S/c1-24-13-5-4-12(16(25-2)17(13)26-3)9-15(21)19-18-14(20)8-11-6-7-27(22,23)10-11/h4-5,11H,6-10H2,1-3H3,(H,18,20)(H,19,21)/t11-/m1/s1. The van der Waals surface area contributed by atoms with Crippen molar-refractivity contribution >= 4 is 21.7 Å². The number of hydrogen-bond donors (Lipinski definition) is 2. The molecular formula is C17H24N2O7S. The van der Waals surface area contributed by atoms with Gasteiger partial charge in [0.2, 0.25) is 17.6 Å². The van der Waals surface area contributed by atoms with Crippen molar-refractivity contribution in [1.29, 1.82) is 0 Å². The topological polar surface area (TPSA) is 120 Å². The van der Waals surface area contributed by atoms with Crippen LogP contribution in [0.3, 0.4) is 0 Å². The van der Waals surface area contributed by atoms with Crippen LogP contribution >= 0.6 is 0 Å². The number of carbonyl (C=O) groups is 2. The zero-order chi connectivity index (χ0) is 20.0. The van der Waals surface area contributed by atoms with E-state index in [1.54, 1.807) is 12.1 Å². The summed E-state index contributed by atoms with van der Waals surface area (Å²) in [5, 5.41) is 0. The lowest BCUT2D eigenvalue weighted by Crippen LogP contribution is -2.43. The highest BCUT2D eigenvalue weighted by molar-refractivity contribution is 7.91. The molecule has 1 fully saturated rings. The van der Waals surface area contributed by atoms with Gasteiger partial charge in [-0.3, -0.25) is 20.4 Å². The Morgan fingerprint density at radius 1 is 1.04 bits per heavy atom. The second-order valence-electron chi connectivity index (χ2n) is 6.24. The van der Waals surface area contributed by atoms with Gasteiger partial charge in [0, 0.05) is 12.0 Å². The fourth-order valence-electron chi connectivity index (χ4n) is 3.01. The van der Waals surface area contributed by atoms with E-state index in [9.17, 15) is 18.0 Å². The Hall–Kier alpha value is -2.49. The lowest BCUT2D eigenvalue weighted by molar-refractivity contribution is -0.129. The van der Waals surface area contributed by atoms with E-state index >= 15 is 0 Å².